The van der Waals surface area contributed by atoms with Gasteiger partial charge in [0.2, 0.25) is 0 Å². The van der Waals surface area contributed by atoms with Crippen molar-refractivity contribution in [3.8, 4) is 11.5 Å². The van der Waals surface area contributed by atoms with Gasteiger partial charge in [0.1, 0.15) is 5.78 Å². The first kappa shape index (κ1) is 29.4. The second kappa shape index (κ2) is 16.0. The summed E-state index contributed by atoms with van der Waals surface area (Å²) in [6.45, 7) is 4.34. The summed E-state index contributed by atoms with van der Waals surface area (Å²) in [6.07, 6.45) is 19.3. The Morgan fingerprint density at radius 3 is 2.41 bits per heavy atom. The number of hydrogen-bond donors (Lipinski definition) is 1. The van der Waals surface area contributed by atoms with Crippen molar-refractivity contribution >= 4 is 11.6 Å². The maximum Gasteiger partial charge on any atom is 0.161 e. The fraction of sp³-hybridized carbons (Fsp3) is 0.688. The molecule has 0 amide bonds. The van der Waals surface area contributed by atoms with Crippen molar-refractivity contribution in [2.24, 2.45) is 0 Å². The van der Waals surface area contributed by atoms with E-state index in [2.05, 4.69) is 6.92 Å². The summed E-state index contributed by atoms with van der Waals surface area (Å²) in [5, 5.41) is 11.3. The molecule has 0 radical (unpaired) electrons. The van der Waals surface area contributed by atoms with Gasteiger partial charge in [0, 0.05) is 25.0 Å². The predicted octanol–water partition coefficient (Wildman–Crippen LogP) is 7.76. The van der Waals surface area contributed by atoms with Crippen LogP contribution in [-0.2, 0) is 20.7 Å². The quantitative estimate of drug-likeness (QED) is 0.229. The molecule has 2 fully saturated rings. The highest BCUT2D eigenvalue weighted by atomic mass is 16.5. The fourth-order valence-electron chi connectivity index (χ4n) is 5.59. The zero-order valence-corrected chi connectivity index (χ0v) is 23.1. The third-order valence-electron chi connectivity index (χ3n) is 7.84. The minimum absolute atomic E-state index is 0.00137. The molecule has 2 aliphatic rings. The molecular formula is C32H48O5. The Morgan fingerprint density at radius 1 is 1.00 bits per heavy atom. The first-order valence-corrected chi connectivity index (χ1v) is 14.8. The van der Waals surface area contributed by atoms with Gasteiger partial charge < -0.3 is 19.4 Å². The smallest absolute Gasteiger partial charge is 0.161 e. The van der Waals surface area contributed by atoms with E-state index in [0.717, 1.165) is 68.9 Å². The molecule has 1 aromatic rings. The van der Waals surface area contributed by atoms with Gasteiger partial charge in [0.15, 0.2) is 17.3 Å². The molecule has 0 aliphatic heterocycles. The molecule has 0 unspecified atom stereocenters. The fourth-order valence-corrected chi connectivity index (χ4v) is 5.59. The van der Waals surface area contributed by atoms with Gasteiger partial charge in [-0.1, -0.05) is 44.7 Å². The van der Waals surface area contributed by atoms with Gasteiger partial charge in [-0.2, -0.15) is 0 Å². The van der Waals surface area contributed by atoms with E-state index in [9.17, 15) is 14.7 Å². The highest BCUT2D eigenvalue weighted by molar-refractivity contribution is 5.89. The normalized spacial score (nSPS) is 17.9. The number of aromatic hydroxyl groups is 1. The molecule has 0 saturated heterocycles. The number of aryl methyl sites for hydroxylation is 1. The molecule has 206 valence electrons. The number of carbonyl (C=O) groups is 2. The number of rotatable bonds is 16. The molecule has 1 atom stereocenters. The van der Waals surface area contributed by atoms with Crippen LogP contribution in [0.1, 0.15) is 127 Å². The van der Waals surface area contributed by atoms with Gasteiger partial charge in [0.05, 0.1) is 12.2 Å². The Hall–Kier alpha value is -2.14. The van der Waals surface area contributed by atoms with Crippen molar-refractivity contribution in [3.63, 3.8) is 0 Å². The second-order valence-electron chi connectivity index (χ2n) is 11.1. The summed E-state index contributed by atoms with van der Waals surface area (Å²) in [6, 6.07) is 3.95. The lowest BCUT2D eigenvalue weighted by atomic mass is 9.88. The highest BCUT2D eigenvalue weighted by Crippen LogP contribution is 2.41. The number of ether oxygens (including phenoxy) is 2. The number of phenols is 1. The molecule has 2 aliphatic carbocycles. The number of phenolic OH excluding ortho intramolecular Hbond substituents is 1. The molecule has 5 heteroatoms. The largest absolute Gasteiger partial charge is 0.504 e. The van der Waals surface area contributed by atoms with Crippen LogP contribution in [0.3, 0.4) is 0 Å². The van der Waals surface area contributed by atoms with Crippen molar-refractivity contribution in [1.82, 2.24) is 0 Å². The van der Waals surface area contributed by atoms with Crippen LogP contribution in [0.15, 0.2) is 24.3 Å². The first-order valence-electron chi connectivity index (χ1n) is 14.8. The first-order chi connectivity index (χ1) is 18.0. The summed E-state index contributed by atoms with van der Waals surface area (Å²) in [4.78, 5) is 24.3. The van der Waals surface area contributed by atoms with Gasteiger partial charge >= 0.3 is 0 Å². The lowest BCUT2D eigenvalue weighted by Crippen LogP contribution is -2.18. The van der Waals surface area contributed by atoms with E-state index in [1.54, 1.807) is 13.0 Å². The van der Waals surface area contributed by atoms with Gasteiger partial charge in [0.25, 0.3) is 0 Å². The van der Waals surface area contributed by atoms with Crippen LogP contribution in [0.5, 0.6) is 11.5 Å². The minimum atomic E-state index is -0.00137. The van der Waals surface area contributed by atoms with Crippen LogP contribution in [-0.4, -0.2) is 35.5 Å². The van der Waals surface area contributed by atoms with E-state index in [1.807, 2.05) is 18.2 Å². The minimum Gasteiger partial charge on any atom is -0.504 e. The van der Waals surface area contributed by atoms with Crippen LogP contribution in [0, 0.1) is 0 Å². The van der Waals surface area contributed by atoms with Crippen LogP contribution in [0.2, 0.25) is 0 Å². The van der Waals surface area contributed by atoms with Crippen molar-refractivity contribution < 1.29 is 24.2 Å². The Labute approximate surface area is 224 Å². The lowest BCUT2D eigenvalue weighted by Gasteiger charge is -2.25. The Kier molecular flexibility index (Phi) is 12.7. The number of carbonyl (C=O) groups excluding carboxylic acids is 2. The van der Waals surface area contributed by atoms with Gasteiger partial charge in [-0.15, -0.1) is 0 Å². The standard InChI is InChI=1S/C32H48O5/c1-3-4-6-11-27(34)19-17-25-22-30(32(35)31(23-25)37-29-14-9-10-15-29)26(18-16-24(2)33)20-21-36-28-12-7-5-8-13-28/h6,11,22-23,26,28-29,35H,3-5,7-10,12-21H2,1-2H3/b11-6+/t26-/m0/s1. The van der Waals surface area contributed by atoms with E-state index in [4.69, 9.17) is 9.47 Å². The molecule has 0 aromatic heterocycles. The van der Waals surface area contributed by atoms with E-state index < -0.39 is 0 Å². The molecule has 0 heterocycles. The van der Waals surface area contributed by atoms with Crippen LogP contribution < -0.4 is 4.74 Å². The van der Waals surface area contributed by atoms with E-state index in [-0.39, 0.29) is 29.3 Å². The molecule has 2 saturated carbocycles. The molecule has 1 aromatic carbocycles. The Morgan fingerprint density at radius 2 is 1.70 bits per heavy atom. The highest BCUT2D eigenvalue weighted by Gasteiger charge is 2.24. The predicted molar refractivity (Wildman–Crippen MR) is 148 cm³/mol. The summed E-state index contributed by atoms with van der Waals surface area (Å²) in [5.74, 6) is 0.986. The zero-order chi connectivity index (χ0) is 26.5. The number of ketones is 2. The third kappa shape index (κ3) is 10.3. The molecule has 3 rings (SSSR count). The van der Waals surface area contributed by atoms with E-state index >= 15 is 0 Å². The van der Waals surface area contributed by atoms with Crippen molar-refractivity contribution in [3.05, 3.63) is 35.4 Å². The summed E-state index contributed by atoms with van der Waals surface area (Å²) >= 11 is 0. The molecule has 0 spiro atoms. The van der Waals surface area contributed by atoms with Crippen LogP contribution >= 0.6 is 0 Å². The lowest BCUT2D eigenvalue weighted by molar-refractivity contribution is -0.117. The number of unbranched alkanes of at least 4 members (excludes halogenated alkanes) is 1. The number of hydrogen-bond acceptors (Lipinski definition) is 5. The average molecular weight is 513 g/mol. The van der Waals surface area contributed by atoms with Crippen LogP contribution in [0.25, 0.3) is 0 Å². The van der Waals surface area contributed by atoms with Gasteiger partial charge in [-0.3, -0.25) is 4.79 Å². The molecule has 37 heavy (non-hydrogen) atoms. The maximum atomic E-state index is 12.4. The maximum absolute atomic E-state index is 12.4. The monoisotopic (exact) mass is 512 g/mol. The van der Waals surface area contributed by atoms with E-state index in [0.29, 0.717) is 44.1 Å². The van der Waals surface area contributed by atoms with Gasteiger partial charge in [-0.05, 0) is 94.8 Å². The summed E-state index contributed by atoms with van der Waals surface area (Å²) < 4.78 is 12.5. The topological polar surface area (TPSA) is 72.8 Å². The third-order valence-corrected chi connectivity index (χ3v) is 7.84. The second-order valence-corrected chi connectivity index (χ2v) is 11.1. The number of allylic oxidation sites excluding steroid dienone is 2. The van der Waals surface area contributed by atoms with Crippen molar-refractivity contribution in [2.75, 3.05) is 6.61 Å². The summed E-state index contributed by atoms with van der Waals surface area (Å²) in [7, 11) is 0. The van der Waals surface area contributed by atoms with Crippen LogP contribution in [0.4, 0.5) is 0 Å². The van der Waals surface area contributed by atoms with E-state index in [1.165, 1.54) is 19.3 Å². The molecular weight excluding hydrogens is 464 g/mol. The van der Waals surface area contributed by atoms with Gasteiger partial charge in [-0.25, -0.2) is 0 Å². The zero-order valence-electron chi connectivity index (χ0n) is 23.1. The summed E-state index contributed by atoms with van der Waals surface area (Å²) in [5.41, 5.74) is 1.83. The number of Topliss-reactive ketones (excluding diaryl/α,β-unsaturated/α-hetero) is 1. The molecule has 0 bridgehead atoms. The number of benzene rings is 1. The SMILES string of the molecule is CCC/C=C/C(=O)CCc1cc(OC2CCCC2)c(O)c([C@H](CCOC2CCCCC2)CCC(C)=O)c1. The molecule has 1 N–H and O–H groups in total. The molecule has 5 nitrogen and oxygen atoms in total. The Bertz CT molecular complexity index is 877. The Balaban J connectivity index is 1.79. The van der Waals surface area contributed by atoms with Crippen molar-refractivity contribution in [1.29, 1.82) is 0 Å². The average Bonchev–Trinajstić information content (AvgIpc) is 3.40. The van der Waals surface area contributed by atoms with Crippen molar-refractivity contribution in [2.45, 2.75) is 135 Å².